The van der Waals surface area contributed by atoms with Crippen LogP contribution in [0.15, 0.2) is 57.7 Å². The zero-order valence-electron chi connectivity index (χ0n) is 15.2. The van der Waals surface area contributed by atoms with Crippen LogP contribution in [0.2, 0.25) is 0 Å². The highest BCUT2D eigenvalue weighted by molar-refractivity contribution is 5.83. The van der Waals surface area contributed by atoms with Crippen molar-refractivity contribution in [2.75, 3.05) is 6.54 Å². The van der Waals surface area contributed by atoms with E-state index in [9.17, 15) is 4.79 Å². The van der Waals surface area contributed by atoms with Crippen molar-refractivity contribution in [2.24, 2.45) is 0 Å². The molecule has 1 aromatic heterocycles. The van der Waals surface area contributed by atoms with Crippen LogP contribution in [0.25, 0.3) is 11.0 Å². The maximum atomic E-state index is 12.0. The number of fused-ring (bicyclic) bond motifs is 1. The van der Waals surface area contributed by atoms with Crippen molar-refractivity contribution in [3.05, 3.63) is 81.2 Å². The zero-order valence-corrected chi connectivity index (χ0v) is 15.2. The first kappa shape index (κ1) is 17.4. The average Bonchev–Trinajstić information content (AvgIpc) is 2.63. The van der Waals surface area contributed by atoms with Crippen molar-refractivity contribution in [1.82, 2.24) is 0 Å². The highest BCUT2D eigenvalue weighted by Gasteiger charge is 2.13. The Labute approximate surface area is 148 Å². The van der Waals surface area contributed by atoms with Crippen molar-refractivity contribution in [1.29, 1.82) is 0 Å². The van der Waals surface area contributed by atoms with E-state index in [4.69, 9.17) is 4.42 Å². The number of benzene rings is 2. The molecule has 2 N–H and O–H groups in total. The number of hydrogen-bond donors (Lipinski definition) is 1. The first-order valence-electron chi connectivity index (χ1n) is 8.99. The van der Waals surface area contributed by atoms with Crippen LogP contribution in [-0.2, 0) is 6.54 Å². The average molecular weight is 336 g/mol. The molecule has 130 valence electrons. The molecule has 0 radical (unpaired) electrons. The molecule has 1 atom stereocenters. The topological polar surface area (TPSA) is 46.8 Å². The number of rotatable bonds is 6. The second-order valence-electron chi connectivity index (χ2n) is 6.72. The van der Waals surface area contributed by atoms with E-state index >= 15 is 0 Å². The quantitative estimate of drug-likeness (QED) is 0.698. The van der Waals surface area contributed by atoms with Crippen LogP contribution >= 0.6 is 0 Å². The molecule has 0 unspecified atom stereocenters. The monoisotopic (exact) mass is 336 g/mol. The van der Waals surface area contributed by atoms with Gasteiger partial charge in [0.05, 0.1) is 6.54 Å². The maximum Gasteiger partial charge on any atom is 0.336 e. The summed E-state index contributed by atoms with van der Waals surface area (Å²) in [5, 5.41) is 3.34. The Kier molecular flexibility index (Phi) is 5.34. The summed E-state index contributed by atoms with van der Waals surface area (Å²) in [5.41, 5.74) is 5.09. The number of nitrogens with two attached hydrogens (primary N) is 1. The maximum absolute atomic E-state index is 12.0. The molecule has 3 nitrogen and oxygen atoms in total. The van der Waals surface area contributed by atoms with Crippen molar-refractivity contribution in [2.45, 2.75) is 39.7 Å². The largest absolute Gasteiger partial charge is 0.422 e. The molecule has 0 saturated heterocycles. The van der Waals surface area contributed by atoms with Crippen molar-refractivity contribution < 1.29 is 9.73 Å². The van der Waals surface area contributed by atoms with E-state index in [1.165, 1.54) is 5.56 Å². The first-order chi connectivity index (χ1) is 12.1. The highest BCUT2D eigenvalue weighted by Crippen LogP contribution is 2.23. The molecule has 0 bridgehead atoms. The molecule has 0 saturated carbocycles. The summed E-state index contributed by atoms with van der Waals surface area (Å²) < 4.78 is 5.46. The van der Waals surface area contributed by atoms with E-state index in [-0.39, 0.29) is 5.63 Å². The second kappa shape index (κ2) is 7.66. The molecule has 3 heteroatoms. The summed E-state index contributed by atoms with van der Waals surface area (Å²) >= 11 is 0. The van der Waals surface area contributed by atoms with E-state index in [2.05, 4.69) is 54.7 Å². The molecule has 0 fully saturated rings. The summed E-state index contributed by atoms with van der Waals surface area (Å²) in [6.07, 6.45) is 1.11. The van der Waals surface area contributed by atoms with Gasteiger partial charge in [0.15, 0.2) is 0 Å². The van der Waals surface area contributed by atoms with E-state index in [1.807, 2.05) is 13.8 Å². The van der Waals surface area contributed by atoms with Gasteiger partial charge in [-0.1, -0.05) is 49.4 Å². The predicted molar refractivity (Wildman–Crippen MR) is 102 cm³/mol. The normalized spacial score (nSPS) is 12.4. The van der Waals surface area contributed by atoms with Crippen LogP contribution < -0.4 is 10.9 Å². The first-order valence-corrected chi connectivity index (χ1v) is 8.99. The van der Waals surface area contributed by atoms with Gasteiger partial charge in [0.2, 0.25) is 0 Å². The van der Waals surface area contributed by atoms with Gasteiger partial charge in [0, 0.05) is 22.9 Å². The van der Waals surface area contributed by atoms with Gasteiger partial charge in [-0.05, 0) is 37.0 Å². The third-order valence-corrected chi connectivity index (χ3v) is 5.10. The fourth-order valence-corrected chi connectivity index (χ4v) is 3.40. The van der Waals surface area contributed by atoms with E-state index in [0.717, 1.165) is 47.2 Å². The number of aryl methyl sites for hydroxylation is 2. The fraction of sp³-hybridized carbons (Fsp3) is 0.318. The molecule has 2 aromatic carbocycles. The third kappa shape index (κ3) is 3.83. The summed E-state index contributed by atoms with van der Waals surface area (Å²) in [5.74, 6) is 0.525. The van der Waals surface area contributed by atoms with Crippen LogP contribution in [0.4, 0.5) is 0 Å². The van der Waals surface area contributed by atoms with Gasteiger partial charge in [0.25, 0.3) is 0 Å². The van der Waals surface area contributed by atoms with Gasteiger partial charge in [-0.2, -0.15) is 0 Å². The smallest absolute Gasteiger partial charge is 0.336 e. The second-order valence-corrected chi connectivity index (χ2v) is 6.72. The minimum absolute atomic E-state index is 0.264. The molecule has 0 spiro atoms. The lowest BCUT2D eigenvalue weighted by molar-refractivity contribution is -0.672. The standard InChI is InChI=1S/C22H25NO2/c1-4-17(18-8-6-5-7-9-18)13-23-14-19-12-21(24)25-22-16(3)15(2)10-11-20(19)22/h5-12,17,23H,4,13-14H2,1-3H3/p+1/t17-/m0/s1. The van der Waals surface area contributed by atoms with Crippen molar-refractivity contribution in [3.63, 3.8) is 0 Å². The lowest BCUT2D eigenvalue weighted by Gasteiger charge is -2.14. The minimum atomic E-state index is -0.264. The summed E-state index contributed by atoms with van der Waals surface area (Å²) in [7, 11) is 0. The Morgan fingerprint density at radius 2 is 1.84 bits per heavy atom. The Balaban J connectivity index is 1.79. The lowest BCUT2D eigenvalue weighted by atomic mass is 9.96. The highest BCUT2D eigenvalue weighted by atomic mass is 16.4. The number of quaternary nitrogens is 1. The van der Waals surface area contributed by atoms with E-state index in [1.54, 1.807) is 6.07 Å². The molecule has 0 amide bonds. The molecule has 0 aliphatic carbocycles. The molecule has 1 heterocycles. The van der Waals surface area contributed by atoms with Crippen LogP contribution in [0, 0.1) is 13.8 Å². The Morgan fingerprint density at radius 1 is 1.08 bits per heavy atom. The minimum Gasteiger partial charge on any atom is -0.422 e. The summed E-state index contributed by atoms with van der Waals surface area (Å²) in [6.45, 7) is 8.07. The lowest BCUT2D eigenvalue weighted by Crippen LogP contribution is -2.83. The van der Waals surface area contributed by atoms with Crippen LogP contribution in [0.1, 0.15) is 41.5 Å². The van der Waals surface area contributed by atoms with Crippen molar-refractivity contribution >= 4 is 11.0 Å². The zero-order chi connectivity index (χ0) is 17.8. The molecule has 3 rings (SSSR count). The summed E-state index contributed by atoms with van der Waals surface area (Å²) in [4.78, 5) is 12.0. The van der Waals surface area contributed by atoms with Crippen LogP contribution in [0.5, 0.6) is 0 Å². The molecular formula is C22H26NO2+. The molecular weight excluding hydrogens is 310 g/mol. The van der Waals surface area contributed by atoms with Gasteiger partial charge in [-0.15, -0.1) is 0 Å². The Hall–Kier alpha value is -2.39. The number of hydrogen-bond acceptors (Lipinski definition) is 2. The van der Waals surface area contributed by atoms with Gasteiger partial charge in [0.1, 0.15) is 12.1 Å². The van der Waals surface area contributed by atoms with Gasteiger partial charge in [-0.25, -0.2) is 4.79 Å². The SMILES string of the molecule is CC[C@@H](C[NH2+]Cc1cc(=O)oc2c(C)c(C)ccc12)c1ccccc1. The van der Waals surface area contributed by atoms with Crippen molar-refractivity contribution in [3.8, 4) is 0 Å². The van der Waals surface area contributed by atoms with Gasteiger partial charge >= 0.3 is 5.63 Å². The molecule has 25 heavy (non-hydrogen) atoms. The van der Waals surface area contributed by atoms with Gasteiger partial charge in [-0.3, -0.25) is 0 Å². The fourth-order valence-electron chi connectivity index (χ4n) is 3.40. The Bertz CT molecular complexity index is 912. The van der Waals surface area contributed by atoms with Crippen LogP contribution in [0.3, 0.4) is 0 Å². The van der Waals surface area contributed by atoms with E-state index < -0.39 is 0 Å². The summed E-state index contributed by atoms with van der Waals surface area (Å²) in [6, 6.07) is 16.4. The Morgan fingerprint density at radius 3 is 2.56 bits per heavy atom. The van der Waals surface area contributed by atoms with Gasteiger partial charge < -0.3 is 9.73 Å². The third-order valence-electron chi connectivity index (χ3n) is 5.10. The predicted octanol–water partition coefficient (Wildman–Crippen LogP) is 3.67. The molecule has 0 aliphatic heterocycles. The molecule has 3 aromatic rings. The van der Waals surface area contributed by atoms with Crippen LogP contribution in [-0.4, -0.2) is 6.54 Å². The molecule has 0 aliphatic rings. The van der Waals surface area contributed by atoms with E-state index in [0.29, 0.717) is 5.92 Å².